The van der Waals surface area contributed by atoms with Crippen LogP contribution in [0, 0.1) is 0 Å². The molecule has 1 N–H and O–H groups in total. The van der Waals surface area contributed by atoms with Gasteiger partial charge in [0.05, 0.1) is 5.75 Å². The first kappa shape index (κ1) is 19.5. The van der Waals surface area contributed by atoms with E-state index < -0.39 is 10.1 Å². The minimum absolute atomic E-state index is 0. The Balaban J connectivity index is 0. The van der Waals surface area contributed by atoms with Crippen LogP contribution in [-0.4, -0.2) is 48.3 Å². The Bertz CT molecular complexity index is 374. The molecule has 0 atom stereocenters. The molecule has 0 unspecified atom stereocenters. The molecule has 0 radical (unpaired) electrons. The van der Waals surface area contributed by atoms with Crippen molar-refractivity contribution in [1.82, 2.24) is 0 Å². The SMILES string of the molecule is CC(C)c1ccccc1.CCCS(=O)(=O)O.[NaH]. The molecule has 0 saturated heterocycles. The van der Waals surface area contributed by atoms with Crippen LogP contribution in [-0.2, 0) is 10.1 Å². The maximum atomic E-state index is 9.79. The standard InChI is InChI=1S/C9H12.C3H8O3S.Na.H/c1-8(2)9-6-4-3-5-7-9;1-2-3-7(4,5)6;;/h3-8H,1-2H3;2-3H2,1H3,(H,4,5,6);;. The van der Waals surface area contributed by atoms with Crippen molar-refractivity contribution in [2.24, 2.45) is 0 Å². The summed E-state index contributed by atoms with van der Waals surface area (Å²) in [5.41, 5.74) is 1.41. The van der Waals surface area contributed by atoms with Crippen LogP contribution in [0.2, 0.25) is 0 Å². The maximum absolute atomic E-state index is 9.79. The summed E-state index contributed by atoms with van der Waals surface area (Å²) in [6.07, 6.45) is 0.471. The number of hydrogen-bond acceptors (Lipinski definition) is 2. The zero-order valence-electron chi connectivity index (χ0n) is 10.1. The van der Waals surface area contributed by atoms with E-state index in [1.165, 1.54) is 5.56 Å². The Kier molecular flexibility index (Phi) is 11.6. The van der Waals surface area contributed by atoms with Gasteiger partial charge < -0.3 is 0 Å². The summed E-state index contributed by atoms with van der Waals surface area (Å²) in [4.78, 5) is 0. The summed E-state index contributed by atoms with van der Waals surface area (Å²) >= 11 is 0. The predicted molar refractivity (Wildman–Crippen MR) is 74.4 cm³/mol. The van der Waals surface area contributed by atoms with Crippen molar-refractivity contribution in [2.75, 3.05) is 5.75 Å². The second-order valence-corrected chi connectivity index (χ2v) is 5.42. The average Bonchev–Trinajstić information content (AvgIpc) is 2.18. The van der Waals surface area contributed by atoms with Crippen LogP contribution < -0.4 is 0 Å². The van der Waals surface area contributed by atoms with Gasteiger partial charge in [-0.25, -0.2) is 0 Å². The van der Waals surface area contributed by atoms with Gasteiger partial charge in [-0.3, -0.25) is 4.55 Å². The molecule has 0 aliphatic heterocycles. The van der Waals surface area contributed by atoms with E-state index in [-0.39, 0.29) is 35.3 Å². The van der Waals surface area contributed by atoms with E-state index in [0.717, 1.165) is 0 Å². The van der Waals surface area contributed by atoms with Crippen molar-refractivity contribution in [1.29, 1.82) is 0 Å². The van der Waals surface area contributed by atoms with E-state index in [1.54, 1.807) is 6.92 Å². The van der Waals surface area contributed by atoms with Gasteiger partial charge in [-0.05, 0) is 17.9 Å². The van der Waals surface area contributed by atoms with Crippen molar-refractivity contribution in [3.63, 3.8) is 0 Å². The fraction of sp³-hybridized carbons (Fsp3) is 0.500. The molecular weight excluding hydrogens is 247 g/mol. The minimum atomic E-state index is -3.67. The van der Waals surface area contributed by atoms with E-state index in [2.05, 4.69) is 38.1 Å². The molecule has 0 saturated carbocycles. The van der Waals surface area contributed by atoms with Crippen LogP contribution >= 0.6 is 0 Å². The second kappa shape index (κ2) is 10.1. The summed E-state index contributed by atoms with van der Waals surface area (Å²) in [7, 11) is -3.67. The van der Waals surface area contributed by atoms with E-state index >= 15 is 0 Å². The van der Waals surface area contributed by atoms with Crippen molar-refractivity contribution >= 4 is 39.7 Å². The van der Waals surface area contributed by atoms with Gasteiger partial charge in [0.25, 0.3) is 10.1 Å². The van der Waals surface area contributed by atoms with Gasteiger partial charge in [-0.15, -0.1) is 0 Å². The summed E-state index contributed by atoms with van der Waals surface area (Å²) in [6, 6.07) is 10.5. The fourth-order valence-corrected chi connectivity index (χ4v) is 1.61. The molecule has 0 amide bonds. The molecule has 0 heterocycles. The molecule has 5 heteroatoms. The van der Waals surface area contributed by atoms with Crippen LogP contribution in [0.4, 0.5) is 0 Å². The monoisotopic (exact) mass is 268 g/mol. The van der Waals surface area contributed by atoms with Gasteiger partial charge >= 0.3 is 29.6 Å². The first-order valence-corrected chi connectivity index (χ1v) is 6.97. The number of hydrogen-bond donors (Lipinski definition) is 1. The van der Waals surface area contributed by atoms with Gasteiger partial charge in [-0.1, -0.05) is 51.1 Å². The Morgan fingerprint density at radius 2 is 1.65 bits per heavy atom. The third-order valence-corrected chi connectivity index (χ3v) is 2.85. The van der Waals surface area contributed by atoms with Crippen LogP contribution in [0.25, 0.3) is 0 Å². The second-order valence-electron chi connectivity index (χ2n) is 3.85. The normalized spacial score (nSPS) is 10.2. The van der Waals surface area contributed by atoms with Gasteiger partial charge in [0.1, 0.15) is 0 Å². The Morgan fingerprint density at radius 3 is 1.82 bits per heavy atom. The fourth-order valence-electron chi connectivity index (χ4n) is 1.10. The molecule has 1 aromatic carbocycles. The molecule has 0 aromatic heterocycles. The first-order chi connectivity index (χ1) is 7.37. The number of benzene rings is 1. The molecule has 1 rings (SSSR count). The van der Waals surface area contributed by atoms with Crippen molar-refractivity contribution in [3.8, 4) is 0 Å². The quantitative estimate of drug-likeness (QED) is 0.676. The molecular formula is C12H21NaO3S. The van der Waals surface area contributed by atoms with E-state index in [0.29, 0.717) is 12.3 Å². The third-order valence-electron chi connectivity index (χ3n) is 1.93. The summed E-state index contributed by atoms with van der Waals surface area (Å²) < 4.78 is 27.6. The first-order valence-electron chi connectivity index (χ1n) is 5.37. The van der Waals surface area contributed by atoms with Gasteiger partial charge in [0.15, 0.2) is 0 Å². The molecule has 0 fully saturated rings. The van der Waals surface area contributed by atoms with Crippen LogP contribution in [0.5, 0.6) is 0 Å². The van der Waals surface area contributed by atoms with Crippen LogP contribution in [0.3, 0.4) is 0 Å². The van der Waals surface area contributed by atoms with Crippen molar-refractivity contribution < 1.29 is 13.0 Å². The predicted octanol–water partition coefficient (Wildman–Crippen LogP) is 2.45. The molecule has 17 heavy (non-hydrogen) atoms. The Morgan fingerprint density at radius 1 is 1.18 bits per heavy atom. The molecule has 0 bridgehead atoms. The zero-order valence-corrected chi connectivity index (χ0v) is 10.9. The molecule has 0 spiro atoms. The number of rotatable bonds is 3. The van der Waals surface area contributed by atoms with Gasteiger partial charge in [0.2, 0.25) is 0 Å². The molecule has 3 nitrogen and oxygen atoms in total. The summed E-state index contributed by atoms with van der Waals surface area (Å²) in [6.45, 7) is 6.10. The van der Waals surface area contributed by atoms with Gasteiger partial charge in [-0.2, -0.15) is 8.42 Å². The molecule has 94 valence electrons. The summed E-state index contributed by atoms with van der Waals surface area (Å²) in [5.74, 6) is 0.527. The van der Waals surface area contributed by atoms with Crippen LogP contribution in [0.15, 0.2) is 30.3 Å². The molecule has 0 aliphatic rings. The molecule has 1 aromatic rings. The van der Waals surface area contributed by atoms with E-state index in [9.17, 15) is 8.42 Å². The Labute approximate surface area is 127 Å². The average molecular weight is 268 g/mol. The summed E-state index contributed by atoms with van der Waals surface area (Å²) in [5, 5.41) is 0. The van der Waals surface area contributed by atoms with E-state index in [4.69, 9.17) is 4.55 Å². The topological polar surface area (TPSA) is 54.4 Å². The Hall–Kier alpha value is 0.130. The van der Waals surface area contributed by atoms with Crippen molar-refractivity contribution in [2.45, 2.75) is 33.1 Å². The zero-order chi connectivity index (χ0) is 12.6. The van der Waals surface area contributed by atoms with E-state index in [1.807, 2.05) is 6.07 Å². The third kappa shape index (κ3) is 12.4. The van der Waals surface area contributed by atoms with Gasteiger partial charge in [0, 0.05) is 0 Å². The van der Waals surface area contributed by atoms with Crippen molar-refractivity contribution in [3.05, 3.63) is 35.9 Å². The molecule has 0 aliphatic carbocycles. The van der Waals surface area contributed by atoms with Crippen LogP contribution in [0.1, 0.15) is 38.7 Å².